The number of nitrogens with zero attached hydrogens (tertiary/aromatic N) is 2. The van der Waals surface area contributed by atoms with E-state index in [9.17, 15) is 4.79 Å². The molecule has 0 aliphatic rings. The fourth-order valence-corrected chi connectivity index (χ4v) is 2.21. The van der Waals surface area contributed by atoms with E-state index in [0.717, 1.165) is 41.6 Å². The Bertz CT molecular complexity index is 493. The van der Waals surface area contributed by atoms with E-state index >= 15 is 0 Å². The lowest BCUT2D eigenvalue weighted by atomic mass is 10.2. The van der Waals surface area contributed by atoms with Crippen molar-refractivity contribution in [3.05, 3.63) is 30.1 Å². The molecule has 0 bridgehead atoms. The lowest BCUT2D eigenvalue weighted by Crippen LogP contribution is -1.98. The van der Waals surface area contributed by atoms with Gasteiger partial charge in [0.1, 0.15) is 5.65 Å². The molecule has 2 heterocycles. The predicted molar refractivity (Wildman–Crippen MR) is 68.1 cm³/mol. The van der Waals surface area contributed by atoms with Gasteiger partial charge in [0.2, 0.25) is 0 Å². The van der Waals surface area contributed by atoms with Crippen LogP contribution in [0.25, 0.3) is 11.0 Å². The Morgan fingerprint density at radius 3 is 3.19 bits per heavy atom. The van der Waals surface area contributed by atoms with Gasteiger partial charge in [-0.15, -0.1) is 0 Å². The van der Waals surface area contributed by atoms with Crippen molar-refractivity contribution in [2.45, 2.75) is 13.0 Å². The molecule has 0 aromatic carbocycles. The second-order valence-electron chi connectivity index (χ2n) is 3.62. The molecule has 0 aliphatic heterocycles. The lowest BCUT2D eigenvalue weighted by molar-refractivity contribution is 0.112. The van der Waals surface area contributed by atoms with Crippen molar-refractivity contribution in [2.75, 3.05) is 12.0 Å². The number of carbonyl (C=O) groups is 1. The summed E-state index contributed by atoms with van der Waals surface area (Å²) in [5.41, 5.74) is 1.64. The van der Waals surface area contributed by atoms with Gasteiger partial charge in [0.25, 0.3) is 0 Å². The quantitative estimate of drug-likeness (QED) is 0.589. The maximum atomic E-state index is 10.9. The zero-order valence-electron chi connectivity index (χ0n) is 9.22. The van der Waals surface area contributed by atoms with Crippen molar-refractivity contribution in [2.24, 2.45) is 0 Å². The first-order valence-electron chi connectivity index (χ1n) is 5.25. The number of aryl methyl sites for hydroxylation is 1. The standard InChI is InChI=1S/C12H14N2OS/c1-16-7-3-6-14-8-10(9-15)11-4-2-5-13-12(11)14/h2,4-5,8-9H,3,6-7H2,1H3. The molecule has 0 amide bonds. The van der Waals surface area contributed by atoms with Gasteiger partial charge in [0, 0.05) is 29.9 Å². The second kappa shape index (κ2) is 5.16. The highest BCUT2D eigenvalue weighted by Crippen LogP contribution is 2.18. The second-order valence-corrected chi connectivity index (χ2v) is 4.60. The van der Waals surface area contributed by atoms with E-state index in [1.807, 2.05) is 30.1 Å². The van der Waals surface area contributed by atoms with Crippen molar-refractivity contribution in [1.82, 2.24) is 9.55 Å². The minimum Gasteiger partial charge on any atom is -0.332 e. The van der Waals surface area contributed by atoms with Gasteiger partial charge in [-0.2, -0.15) is 11.8 Å². The van der Waals surface area contributed by atoms with Crippen LogP contribution in [0, 0.1) is 0 Å². The smallest absolute Gasteiger partial charge is 0.152 e. The third-order valence-corrected chi connectivity index (χ3v) is 3.24. The Hall–Kier alpha value is -1.29. The average Bonchev–Trinajstić information content (AvgIpc) is 2.68. The molecule has 0 saturated carbocycles. The number of aldehydes is 1. The molecule has 0 aliphatic carbocycles. The van der Waals surface area contributed by atoms with Crippen LogP contribution >= 0.6 is 11.8 Å². The summed E-state index contributed by atoms with van der Waals surface area (Å²) < 4.78 is 2.06. The zero-order valence-corrected chi connectivity index (χ0v) is 10.0. The molecule has 3 nitrogen and oxygen atoms in total. The average molecular weight is 234 g/mol. The SMILES string of the molecule is CSCCCn1cc(C=O)c2cccnc21. The molecule has 2 rings (SSSR count). The topological polar surface area (TPSA) is 34.9 Å². The highest BCUT2D eigenvalue weighted by atomic mass is 32.2. The molecular weight excluding hydrogens is 220 g/mol. The lowest BCUT2D eigenvalue weighted by Gasteiger charge is -2.02. The van der Waals surface area contributed by atoms with E-state index < -0.39 is 0 Å². The van der Waals surface area contributed by atoms with Crippen LogP contribution in [0.3, 0.4) is 0 Å². The van der Waals surface area contributed by atoms with Crippen LogP contribution in [0.15, 0.2) is 24.5 Å². The predicted octanol–water partition coefficient (Wildman–Crippen LogP) is 2.60. The molecule has 0 N–H and O–H groups in total. The van der Waals surface area contributed by atoms with E-state index in [0.29, 0.717) is 0 Å². The molecular formula is C12H14N2OS. The third kappa shape index (κ3) is 2.11. The van der Waals surface area contributed by atoms with Gasteiger partial charge >= 0.3 is 0 Å². The number of rotatable bonds is 5. The summed E-state index contributed by atoms with van der Waals surface area (Å²) in [5.74, 6) is 1.13. The van der Waals surface area contributed by atoms with Gasteiger partial charge in [-0.1, -0.05) is 0 Å². The van der Waals surface area contributed by atoms with E-state index in [-0.39, 0.29) is 0 Å². The van der Waals surface area contributed by atoms with Gasteiger partial charge in [-0.25, -0.2) is 4.98 Å². The van der Waals surface area contributed by atoms with Crippen molar-refractivity contribution in [3.63, 3.8) is 0 Å². The van der Waals surface area contributed by atoms with Crippen LogP contribution in [0.1, 0.15) is 16.8 Å². The number of carbonyl (C=O) groups excluding carboxylic acids is 1. The van der Waals surface area contributed by atoms with Crippen molar-refractivity contribution in [3.8, 4) is 0 Å². The van der Waals surface area contributed by atoms with E-state index in [1.165, 1.54) is 0 Å². The summed E-state index contributed by atoms with van der Waals surface area (Å²) >= 11 is 1.84. The molecule has 0 fully saturated rings. The Morgan fingerprint density at radius 2 is 2.44 bits per heavy atom. The van der Waals surface area contributed by atoms with E-state index in [1.54, 1.807) is 6.20 Å². The molecule has 0 radical (unpaired) electrons. The van der Waals surface area contributed by atoms with Gasteiger partial charge in [0.15, 0.2) is 6.29 Å². The van der Waals surface area contributed by atoms with Crippen LogP contribution in [0.2, 0.25) is 0 Å². The Balaban J connectivity index is 2.33. The Morgan fingerprint density at radius 1 is 1.56 bits per heavy atom. The molecule has 0 spiro atoms. The van der Waals surface area contributed by atoms with Gasteiger partial charge < -0.3 is 4.57 Å². The summed E-state index contributed by atoms with van der Waals surface area (Å²) in [6.45, 7) is 0.919. The molecule has 2 aromatic rings. The van der Waals surface area contributed by atoms with Gasteiger partial charge in [-0.05, 0) is 30.6 Å². The fraction of sp³-hybridized carbons (Fsp3) is 0.333. The van der Waals surface area contributed by atoms with Crippen molar-refractivity contribution >= 4 is 29.1 Å². The number of pyridine rings is 1. The zero-order chi connectivity index (χ0) is 11.4. The third-order valence-electron chi connectivity index (χ3n) is 2.54. The van der Waals surface area contributed by atoms with Crippen LogP contribution in [0.4, 0.5) is 0 Å². The van der Waals surface area contributed by atoms with Gasteiger partial charge in [-0.3, -0.25) is 4.79 Å². The minimum absolute atomic E-state index is 0.729. The highest BCUT2D eigenvalue weighted by molar-refractivity contribution is 7.98. The van der Waals surface area contributed by atoms with Crippen LogP contribution in [0.5, 0.6) is 0 Å². The first kappa shape index (κ1) is 11.2. The monoisotopic (exact) mass is 234 g/mol. The van der Waals surface area contributed by atoms with E-state index in [4.69, 9.17) is 0 Å². The summed E-state index contributed by atoms with van der Waals surface area (Å²) in [6.07, 6.45) is 7.75. The summed E-state index contributed by atoms with van der Waals surface area (Å²) in [4.78, 5) is 15.2. The summed E-state index contributed by atoms with van der Waals surface area (Å²) in [6, 6.07) is 3.80. The van der Waals surface area contributed by atoms with Crippen molar-refractivity contribution in [1.29, 1.82) is 0 Å². The molecule has 0 unspecified atom stereocenters. The number of hydrogen-bond donors (Lipinski definition) is 0. The molecule has 16 heavy (non-hydrogen) atoms. The number of hydrogen-bond acceptors (Lipinski definition) is 3. The van der Waals surface area contributed by atoms with Crippen LogP contribution in [-0.2, 0) is 6.54 Å². The number of aromatic nitrogens is 2. The number of thioether (sulfide) groups is 1. The first-order valence-corrected chi connectivity index (χ1v) is 6.64. The fourth-order valence-electron chi connectivity index (χ4n) is 1.79. The molecule has 4 heteroatoms. The van der Waals surface area contributed by atoms with Crippen LogP contribution < -0.4 is 0 Å². The maximum Gasteiger partial charge on any atom is 0.152 e. The van der Waals surface area contributed by atoms with Gasteiger partial charge in [0.05, 0.1) is 0 Å². The number of fused-ring (bicyclic) bond motifs is 1. The highest BCUT2D eigenvalue weighted by Gasteiger charge is 2.07. The Labute approximate surface area is 98.9 Å². The van der Waals surface area contributed by atoms with Crippen LogP contribution in [-0.4, -0.2) is 27.8 Å². The summed E-state index contributed by atoms with van der Waals surface area (Å²) in [5, 5.41) is 0.946. The largest absolute Gasteiger partial charge is 0.332 e. The first-order chi connectivity index (χ1) is 7.86. The molecule has 0 atom stereocenters. The minimum atomic E-state index is 0.729. The molecule has 84 valence electrons. The maximum absolute atomic E-state index is 10.9. The molecule has 0 saturated heterocycles. The van der Waals surface area contributed by atoms with Crippen molar-refractivity contribution < 1.29 is 4.79 Å². The van der Waals surface area contributed by atoms with E-state index in [2.05, 4.69) is 15.8 Å². The normalized spacial score (nSPS) is 10.8. The Kier molecular flexibility index (Phi) is 3.62. The molecule has 2 aromatic heterocycles. The summed E-state index contributed by atoms with van der Waals surface area (Å²) in [7, 11) is 0.